The number of phenolic OH excluding ortho intramolecular Hbond substituents is 2. The largest absolute Gasteiger partial charge is 0.506 e. The number of benzene rings is 3. The molecule has 0 spiro atoms. The molecule has 0 radical (unpaired) electrons. The molecule has 3 aromatic carbocycles. The van der Waals surface area contributed by atoms with E-state index >= 15 is 0 Å². The Balaban J connectivity index is 2.16. The van der Waals surface area contributed by atoms with Crippen molar-refractivity contribution < 1.29 is 23.4 Å². The summed E-state index contributed by atoms with van der Waals surface area (Å²) in [6.45, 7) is 0. The fourth-order valence-corrected chi connectivity index (χ4v) is 2.58. The van der Waals surface area contributed by atoms with Crippen molar-refractivity contribution >= 4 is 33.7 Å². The van der Waals surface area contributed by atoms with Gasteiger partial charge in [-0.3, -0.25) is 0 Å². The van der Waals surface area contributed by atoms with Gasteiger partial charge in [-0.25, -0.2) is 0 Å². The van der Waals surface area contributed by atoms with E-state index in [4.69, 9.17) is 11.6 Å². The minimum atomic E-state index is -4.60. The van der Waals surface area contributed by atoms with Crippen LogP contribution >= 0.6 is 11.6 Å². The Labute approximate surface area is 144 Å². The van der Waals surface area contributed by atoms with Crippen molar-refractivity contribution in [1.29, 1.82) is 0 Å². The summed E-state index contributed by atoms with van der Waals surface area (Å²) in [5, 5.41) is 27.9. The zero-order chi connectivity index (χ0) is 18.2. The minimum absolute atomic E-state index is 0.252. The highest BCUT2D eigenvalue weighted by Crippen LogP contribution is 2.48. The van der Waals surface area contributed by atoms with E-state index in [1.165, 1.54) is 24.3 Å². The summed E-state index contributed by atoms with van der Waals surface area (Å²) in [6.07, 6.45) is -4.60. The molecule has 4 nitrogen and oxygen atoms in total. The van der Waals surface area contributed by atoms with Crippen LogP contribution in [0.1, 0.15) is 5.56 Å². The second kappa shape index (κ2) is 6.25. The first-order valence-corrected chi connectivity index (χ1v) is 7.38. The molecule has 0 fully saturated rings. The van der Waals surface area contributed by atoms with Crippen LogP contribution in [-0.2, 0) is 6.18 Å². The van der Waals surface area contributed by atoms with Crippen LogP contribution in [0, 0.1) is 0 Å². The van der Waals surface area contributed by atoms with Gasteiger partial charge in [-0.15, -0.1) is 10.2 Å². The van der Waals surface area contributed by atoms with Gasteiger partial charge in [0.15, 0.2) is 11.4 Å². The van der Waals surface area contributed by atoms with Gasteiger partial charge in [0.2, 0.25) is 0 Å². The SMILES string of the molecule is Oc1c(Cl)c(N=Nc2ccccc2C(F)(F)F)c(O)c2ccccc12. The van der Waals surface area contributed by atoms with Crippen LogP contribution in [0.25, 0.3) is 10.8 Å². The van der Waals surface area contributed by atoms with Crippen molar-refractivity contribution in [1.82, 2.24) is 0 Å². The van der Waals surface area contributed by atoms with Crippen LogP contribution < -0.4 is 0 Å². The molecule has 0 aliphatic heterocycles. The number of hydrogen-bond acceptors (Lipinski definition) is 4. The minimum Gasteiger partial charge on any atom is -0.506 e. The Morgan fingerprint density at radius 2 is 1.36 bits per heavy atom. The number of nitrogens with zero attached hydrogens (tertiary/aromatic N) is 2. The van der Waals surface area contributed by atoms with Crippen molar-refractivity contribution in [2.45, 2.75) is 6.18 Å². The van der Waals surface area contributed by atoms with Gasteiger partial charge < -0.3 is 10.2 Å². The standard InChI is InChI=1S/C17H10ClF3N2O2/c18-13-14(16(25)10-6-2-1-5-9(10)15(13)24)23-22-12-8-4-3-7-11(12)17(19,20)21/h1-8,24-25H. The number of aromatic hydroxyl groups is 2. The van der Waals surface area contributed by atoms with Gasteiger partial charge >= 0.3 is 6.18 Å². The molecule has 3 aromatic rings. The molecule has 0 saturated heterocycles. The molecule has 0 aromatic heterocycles. The van der Waals surface area contributed by atoms with Crippen molar-refractivity contribution in [3.8, 4) is 11.5 Å². The fraction of sp³-hybridized carbons (Fsp3) is 0.0588. The molecule has 0 aliphatic rings. The number of hydrogen-bond donors (Lipinski definition) is 2. The van der Waals surface area contributed by atoms with Gasteiger partial charge in [0.05, 0.1) is 11.3 Å². The zero-order valence-corrected chi connectivity index (χ0v) is 13.2. The van der Waals surface area contributed by atoms with E-state index in [0.29, 0.717) is 5.39 Å². The van der Waals surface area contributed by atoms with E-state index < -0.39 is 17.4 Å². The Morgan fingerprint density at radius 1 is 0.800 bits per heavy atom. The van der Waals surface area contributed by atoms with Gasteiger partial charge in [-0.2, -0.15) is 13.2 Å². The topological polar surface area (TPSA) is 65.2 Å². The quantitative estimate of drug-likeness (QED) is 0.410. The van der Waals surface area contributed by atoms with Crippen molar-refractivity contribution in [3.63, 3.8) is 0 Å². The van der Waals surface area contributed by atoms with Gasteiger partial charge in [-0.05, 0) is 12.1 Å². The Kier molecular flexibility index (Phi) is 4.26. The summed E-state index contributed by atoms with van der Waals surface area (Å²) in [5.41, 5.74) is -1.72. The molecule has 0 bridgehead atoms. The van der Waals surface area contributed by atoms with E-state index in [2.05, 4.69) is 10.2 Å². The van der Waals surface area contributed by atoms with Crippen LogP contribution in [0.15, 0.2) is 58.8 Å². The summed E-state index contributed by atoms with van der Waals surface area (Å²) >= 11 is 5.99. The molecule has 0 atom stereocenters. The maximum absolute atomic E-state index is 13.0. The Hall–Kier alpha value is -2.80. The molecule has 0 saturated carbocycles. The molecule has 0 unspecified atom stereocenters. The lowest BCUT2D eigenvalue weighted by molar-refractivity contribution is -0.137. The third kappa shape index (κ3) is 3.10. The molecule has 25 heavy (non-hydrogen) atoms. The first-order valence-electron chi connectivity index (χ1n) is 7.01. The van der Waals surface area contributed by atoms with E-state index in [-0.39, 0.29) is 27.6 Å². The van der Waals surface area contributed by atoms with E-state index in [9.17, 15) is 23.4 Å². The zero-order valence-electron chi connectivity index (χ0n) is 12.4. The lowest BCUT2D eigenvalue weighted by Crippen LogP contribution is -2.04. The molecule has 2 N–H and O–H groups in total. The molecule has 8 heteroatoms. The first kappa shape index (κ1) is 17.0. The summed E-state index contributed by atoms with van der Waals surface area (Å²) in [5.74, 6) is -0.722. The van der Waals surface area contributed by atoms with Gasteiger partial charge in [0.25, 0.3) is 0 Å². The second-order valence-electron chi connectivity index (χ2n) is 5.12. The van der Waals surface area contributed by atoms with Crippen LogP contribution in [0.4, 0.5) is 24.5 Å². The first-order chi connectivity index (χ1) is 11.8. The van der Waals surface area contributed by atoms with Crippen LogP contribution in [0.3, 0.4) is 0 Å². The van der Waals surface area contributed by atoms with Crippen molar-refractivity contribution in [2.24, 2.45) is 10.2 Å². The van der Waals surface area contributed by atoms with Crippen molar-refractivity contribution in [3.05, 3.63) is 59.1 Å². The fourth-order valence-electron chi connectivity index (χ4n) is 2.35. The summed E-state index contributed by atoms with van der Waals surface area (Å²) in [7, 11) is 0. The predicted molar refractivity (Wildman–Crippen MR) is 87.9 cm³/mol. The third-order valence-electron chi connectivity index (χ3n) is 3.54. The van der Waals surface area contributed by atoms with Crippen LogP contribution in [0.2, 0.25) is 5.02 Å². The molecular formula is C17H10ClF3N2O2. The normalized spacial score (nSPS) is 12.2. The number of alkyl halides is 3. The molecular weight excluding hydrogens is 357 g/mol. The molecule has 0 aliphatic carbocycles. The highest BCUT2D eigenvalue weighted by molar-refractivity contribution is 6.36. The predicted octanol–water partition coefficient (Wildman–Crippen LogP) is 6.34. The number of azo groups is 1. The highest BCUT2D eigenvalue weighted by atomic mass is 35.5. The maximum Gasteiger partial charge on any atom is 0.418 e. The summed E-state index contributed by atoms with van der Waals surface area (Å²) in [4.78, 5) is 0. The monoisotopic (exact) mass is 366 g/mol. The van der Waals surface area contributed by atoms with Crippen LogP contribution in [0.5, 0.6) is 11.5 Å². The lowest BCUT2D eigenvalue weighted by Gasteiger charge is -2.10. The number of rotatable bonds is 2. The lowest BCUT2D eigenvalue weighted by atomic mass is 10.1. The summed E-state index contributed by atoms with van der Waals surface area (Å²) in [6, 6.07) is 10.9. The van der Waals surface area contributed by atoms with E-state index in [1.807, 2.05) is 0 Å². The smallest absolute Gasteiger partial charge is 0.418 e. The molecule has 0 amide bonds. The van der Waals surface area contributed by atoms with E-state index in [1.54, 1.807) is 12.1 Å². The average molecular weight is 367 g/mol. The average Bonchev–Trinajstić information content (AvgIpc) is 2.59. The van der Waals surface area contributed by atoms with Crippen molar-refractivity contribution in [2.75, 3.05) is 0 Å². The highest BCUT2D eigenvalue weighted by Gasteiger charge is 2.33. The van der Waals surface area contributed by atoms with Gasteiger partial charge in [0, 0.05) is 10.8 Å². The van der Waals surface area contributed by atoms with Crippen LogP contribution in [-0.4, -0.2) is 10.2 Å². The second-order valence-corrected chi connectivity index (χ2v) is 5.50. The summed E-state index contributed by atoms with van der Waals surface area (Å²) < 4.78 is 39.0. The molecule has 128 valence electrons. The Morgan fingerprint density at radius 3 is 2.00 bits per heavy atom. The third-order valence-corrected chi connectivity index (χ3v) is 3.90. The number of phenols is 2. The van der Waals surface area contributed by atoms with Gasteiger partial charge in [-0.1, -0.05) is 48.0 Å². The Bertz CT molecular complexity index is 988. The van der Waals surface area contributed by atoms with E-state index in [0.717, 1.165) is 12.1 Å². The number of fused-ring (bicyclic) bond motifs is 1. The number of halogens is 4. The molecule has 0 heterocycles. The van der Waals surface area contributed by atoms with Gasteiger partial charge in [0.1, 0.15) is 10.8 Å². The molecule has 3 rings (SSSR count). The maximum atomic E-state index is 13.0.